The molecule has 0 saturated carbocycles. The summed E-state index contributed by atoms with van der Waals surface area (Å²) in [5.74, 6) is 0. The molecule has 0 unspecified atom stereocenters. The molecule has 0 aromatic carbocycles. The Hall–Kier alpha value is -1.10. The Morgan fingerprint density at radius 1 is 2.00 bits per heavy atom. The highest BCUT2D eigenvalue weighted by molar-refractivity contribution is 5.83. The number of allylic oxidation sites excluding steroid dienone is 1. The molecular formula is C4H3N2+. The zero-order chi connectivity index (χ0) is 4.41. The van der Waals surface area contributed by atoms with Gasteiger partial charge >= 0.3 is 6.19 Å². The molecule has 0 bridgehead atoms. The maximum absolute atomic E-state index is 3.57. The second-order valence-corrected chi connectivity index (χ2v) is 0.961. The minimum absolute atomic E-state index is 0.676. The van der Waals surface area contributed by atoms with Gasteiger partial charge in [0.05, 0.1) is 0 Å². The van der Waals surface area contributed by atoms with Crippen molar-refractivity contribution in [2.45, 2.75) is 0 Å². The van der Waals surface area contributed by atoms with Crippen molar-refractivity contribution < 1.29 is 0 Å². The van der Waals surface area contributed by atoms with Crippen molar-refractivity contribution >= 4 is 6.21 Å². The third-order valence-electron chi connectivity index (χ3n) is 0.465. The van der Waals surface area contributed by atoms with E-state index in [2.05, 4.69) is 22.6 Å². The Kier molecular flexibility index (Phi) is 0.487. The average molecular weight is 79.1 g/mol. The fourth-order valence-corrected chi connectivity index (χ4v) is 0.225. The molecule has 0 saturated heterocycles. The van der Waals surface area contributed by atoms with Crippen LogP contribution in [0.15, 0.2) is 17.3 Å². The van der Waals surface area contributed by atoms with E-state index in [1.807, 2.05) is 0 Å². The van der Waals surface area contributed by atoms with E-state index < -0.39 is 0 Å². The van der Waals surface area contributed by atoms with Gasteiger partial charge in [0.25, 0.3) is 5.70 Å². The van der Waals surface area contributed by atoms with Gasteiger partial charge in [-0.15, -0.1) is 4.85 Å². The van der Waals surface area contributed by atoms with Gasteiger partial charge < -0.3 is 0 Å². The topological polar surface area (TPSA) is 16.7 Å². The third kappa shape index (κ3) is 0.301. The quantitative estimate of drug-likeness (QED) is 0.383. The first-order valence-corrected chi connectivity index (χ1v) is 1.57. The van der Waals surface area contributed by atoms with Crippen molar-refractivity contribution in [1.29, 1.82) is 0 Å². The van der Waals surface area contributed by atoms with Crippen molar-refractivity contribution in [2.75, 3.05) is 0 Å². The van der Waals surface area contributed by atoms with Gasteiger partial charge in [-0.05, 0) is 6.58 Å². The molecule has 2 heteroatoms. The van der Waals surface area contributed by atoms with Crippen LogP contribution >= 0.6 is 0 Å². The number of aliphatic imine (C=N–C) groups is 1. The first-order valence-electron chi connectivity index (χ1n) is 1.57. The standard InChI is InChI=1S/C4H3N2/c1-4-2-5-3-6-4/h2H,1H2/q+1. The molecule has 6 heavy (non-hydrogen) atoms. The highest BCUT2D eigenvalue weighted by atomic mass is 14.9. The fourth-order valence-electron chi connectivity index (χ4n) is 0.225. The summed E-state index contributed by atoms with van der Waals surface area (Å²) in [5, 5.41) is 0. The number of hydrogen-bond donors (Lipinski definition) is 0. The molecule has 0 amide bonds. The number of rotatable bonds is 0. The van der Waals surface area contributed by atoms with Gasteiger partial charge in [-0.2, -0.15) is 0 Å². The molecule has 1 aliphatic heterocycles. The number of hydrogen-bond acceptors (Lipinski definition) is 1. The maximum Gasteiger partial charge on any atom is 0.429 e. The summed E-state index contributed by atoms with van der Waals surface area (Å²) < 4.78 is 0. The predicted molar refractivity (Wildman–Crippen MR) is 24.9 cm³/mol. The Morgan fingerprint density at radius 3 is 3.00 bits per heavy atom. The molecule has 0 atom stereocenters. The zero-order valence-electron chi connectivity index (χ0n) is 3.18. The lowest BCUT2D eigenvalue weighted by atomic mass is 10.6. The second kappa shape index (κ2) is 0.942. The highest BCUT2D eigenvalue weighted by Crippen LogP contribution is 1.91. The fraction of sp³-hybridized carbons (Fsp3) is 0. The molecule has 0 aromatic heterocycles. The normalized spacial score (nSPS) is 14.3. The second-order valence-electron chi connectivity index (χ2n) is 0.961. The van der Waals surface area contributed by atoms with E-state index in [9.17, 15) is 0 Å². The Labute approximate surface area is 35.6 Å². The zero-order valence-corrected chi connectivity index (χ0v) is 3.18. The summed E-state index contributed by atoms with van der Waals surface area (Å²) in [6.45, 7) is 3.48. The monoisotopic (exact) mass is 79.0 g/mol. The van der Waals surface area contributed by atoms with Crippen LogP contribution in [0.4, 0.5) is 0 Å². The summed E-state index contributed by atoms with van der Waals surface area (Å²) in [6, 6.07) is 0. The van der Waals surface area contributed by atoms with Crippen LogP contribution in [0.3, 0.4) is 0 Å². The van der Waals surface area contributed by atoms with Gasteiger partial charge in [-0.3, -0.25) is 0 Å². The molecule has 1 rings (SSSR count). The Morgan fingerprint density at radius 2 is 2.83 bits per heavy atom. The van der Waals surface area contributed by atoms with Crippen LogP contribution in [-0.2, 0) is 0 Å². The minimum Gasteiger partial charge on any atom is -0.149 e. The molecule has 0 aliphatic carbocycles. The molecule has 0 fully saturated rings. The van der Waals surface area contributed by atoms with Crippen molar-refractivity contribution in [3.8, 4) is 6.19 Å². The highest BCUT2D eigenvalue weighted by Gasteiger charge is 1.98. The maximum atomic E-state index is 3.57. The van der Waals surface area contributed by atoms with Gasteiger partial charge in [0.2, 0.25) is 6.21 Å². The summed E-state index contributed by atoms with van der Waals surface area (Å²) in [6.07, 6.45) is 3.92. The van der Waals surface area contributed by atoms with Crippen molar-refractivity contribution in [2.24, 2.45) is 4.99 Å². The molecule has 0 radical (unpaired) electrons. The van der Waals surface area contributed by atoms with Gasteiger partial charge in [0, 0.05) is 4.99 Å². The van der Waals surface area contributed by atoms with E-state index in [1.54, 1.807) is 6.21 Å². The van der Waals surface area contributed by atoms with Crippen LogP contribution in [0.5, 0.6) is 0 Å². The summed E-state index contributed by atoms with van der Waals surface area (Å²) in [7, 11) is 0. The predicted octanol–water partition coefficient (Wildman–Crippen LogP) is 0.875. The van der Waals surface area contributed by atoms with E-state index in [0.29, 0.717) is 5.70 Å². The van der Waals surface area contributed by atoms with Crippen molar-refractivity contribution in [3.63, 3.8) is 0 Å². The van der Waals surface area contributed by atoms with Crippen LogP contribution in [0.25, 0.3) is 4.85 Å². The SMILES string of the molecule is C=C1C=NC#[N+]1. The Bertz CT molecular complexity index is 156. The van der Waals surface area contributed by atoms with Crippen LogP contribution < -0.4 is 0 Å². The molecule has 1 heterocycles. The molecule has 0 spiro atoms. The lowest BCUT2D eigenvalue weighted by Gasteiger charge is -1.51. The molecule has 0 aromatic rings. The van der Waals surface area contributed by atoms with E-state index in [4.69, 9.17) is 0 Å². The lowest BCUT2D eigenvalue weighted by molar-refractivity contribution is 1.75. The molecule has 1 aliphatic rings. The average Bonchev–Trinajstić information content (AvgIpc) is 1.86. The lowest BCUT2D eigenvalue weighted by Crippen LogP contribution is -1.61. The van der Waals surface area contributed by atoms with Crippen molar-refractivity contribution in [1.82, 2.24) is 0 Å². The van der Waals surface area contributed by atoms with Crippen LogP contribution in [0, 0.1) is 6.19 Å². The first kappa shape index (κ1) is 3.10. The molecule has 2 nitrogen and oxygen atoms in total. The van der Waals surface area contributed by atoms with Gasteiger partial charge in [-0.1, -0.05) is 0 Å². The van der Waals surface area contributed by atoms with E-state index in [0.717, 1.165) is 0 Å². The van der Waals surface area contributed by atoms with Crippen molar-refractivity contribution in [3.05, 3.63) is 17.1 Å². The Balaban J connectivity index is 2.99. The molecule has 0 N–H and O–H groups in total. The van der Waals surface area contributed by atoms with E-state index in [-0.39, 0.29) is 0 Å². The van der Waals surface area contributed by atoms with Crippen LogP contribution in [-0.4, -0.2) is 6.21 Å². The van der Waals surface area contributed by atoms with Crippen LogP contribution in [0.2, 0.25) is 0 Å². The summed E-state index contributed by atoms with van der Waals surface area (Å²) in [5.41, 5.74) is 0.676. The first-order chi connectivity index (χ1) is 2.89. The largest absolute Gasteiger partial charge is 0.429 e. The van der Waals surface area contributed by atoms with Crippen LogP contribution in [0.1, 0.15) is 0 Å². The van der Waals surface area contributed by atoms with Gasteiger partial charge in [0.15, 0.2) is 0 Å². The number of nitrogens with zero attached hydrogens (tertiary/aromatic N) is 2. The van der Waals surface area contributed by atoms with Gasteiger partial charge in [-0.25, -0.2) is 0 Å². The summed E-state index contributed by atoms with van der Waals surface area (Å²) in [4.78, 5) is 7.09. The smallest absolute Gasteiger partial charge is 0.149 e. The van der Waals surface area contributed by atoms with E-state index >= 15 is 0 Å². The minimum atomic E-state index is 0.676. The molecule has 28 valence electrons. The third-order valence-corrected chi connectivity index (χ3v) is 0.465. The van der Waals surface area contributed by atoms with Gasteiger partial charge in [0.1, 0.15) is 0 Å². The van der Waals surface area contributed by atoms with E-state index in [1.165, 1.54) is 0 Å². The molecular weight excluding hydrogens is 76.1 g/mol. The summed E-state index contributed by atoms with van der Waals surface area (Å²) >= 11 is 0.